The predicted octanol–water partition coefficient (Wildman–Crippen LogP) is 2.99. The summed E-state index contributed by atoms with van der Waals surface area (Å²) in [5.74, 6) is 0.954. The lowest BCUT2D eigenvalue weighted by Gasteiger charge is -2.21. The average molecular weight is 348 g/mol. The Bertz CT molecular complexity index is 637. The predicted molar refractivity (Wildman–Crippen MR) is 96.0 cm³/mol. The number of hydrogen-bond donors (Lipinski definition) is 1. The monoisotopic (exact) mass is 348 g/mol. The summed E-state index contributed by atoms with van der Waals surface area (Å²) in [6.07, 6.45) is 0.449. The molecule has 1 N–H and O–H groups in total. The van der Waals surface area contributed by atoms with Crippen LogP contribution < -0.4 is 10.1 Å². The normalized spacial score (nSPS) is 17.3. The maximum atomic E-state index is 12.7. The van der Waals surface area contributed by atoms with Gasteiger partial charge in [-0.1, -0.05) is 6.07 Å². The first-order valence-corrected chi connectivity index (χ1v) is 8.60. The van der Waals surface area contributed by atoms with Crippen LogP contribution in [-0.4, -0.2) is 49.2 Å². The molecule has 1 aromatic carbocycles. The van der Waals surface area contributed by atoms with Gasteiger partial charge in [0.05, 0.1) is 7.11 Å². The van der Waals surface area contributed by atoms with Gasteiger partial charge in [0.1, 0.15) is 11.4 Å². The molecule has 0 spiro atoms. The molecule has 0 radical (unpaired) electrons. The van der Waals surface area contributed by atoms with Crippen LogP contribution in [0.5, 0.6) is 5.75 Å². The van der Waals surface area contributed by atoms with Crippen molar-refractivity contribution in [2.24, 2.45) is 5.92 Å². The summed E-state index contributed by atoms with van der Waals surface area (Å²) in [4.78, 5) is 26.2. The van der Waals surface area contributed by atoms with Crippen molar-refractivity contribution in [2.75, 3.05) is 26.7 Å². The van der Waals surface area contributed by atoms with E-state index in [9.17, 15) is 9.59 Å². The molecular formula is C19H28N2O4. The first-order chi connectivity index (χ1) is 11.7. The second-order valence-corrected chi connectivity index (χ2v) is 7.47. The number of likely N-dealkylation sites (tertiary alicyclic amines) is 1. The third-order valence-corrected chi connectivity index (χ3v) is 4.16. The van der Waals surface area contributed by atoms with Crippen molar-refractivity contribution in [1.29, 1.82) is 0 Å². The highest BCUT2D eigenvalue weighted by atomic mass is 16.6. The molecular weight excluding hydrogens is 320 g/mol. The third-order valence-electron chi connectivity index (χ3n) is 4.16. The second-order valence-electron chi connectivity index (χ2n) is 7.47. The van der Waals surface area contributed by atoms with Crippen molar-refractivity contribution in [3.8, 4) is 5.75 Å². The summed E-state index contributed by atoms with van der Waals surface area (Å²) in [6.45, 7) is 9.27. The Hall–Kier alpha value is -2.24. The van der Waals surface area contributed by atoms with Crippen LogP contribution >= 0.6 is 0 Å². The minimum absolute atomic E-state index is 0.00179. The Labute approximate surface area is 149 Å². The quantitative estimate of drug-likeness (QED) is 0.908. The SMILES string of the molecule is COc1cc(C(=O)N2CCC(CNC(=O)OC(C)(C)C)C2)ccc1C. The molecule has 2 amide bonds. The summed E-state index contributed by atoms with van der Waals surface area (Å²) < 4.78 is 10.5. The first kappa shape index (κ1) is 19.1. The molecule has 1 heterocycles. The number of amides is 2. The van der Waals surface area contributed by atoms with E-state index in [0.717, 1.165) is 12.0 Å². The number of carbonyl (C=O) groups excluding carboxylic acids is 2. The molecule has 0 saturated carbocycles. The number of aryl methyl sites for hydroxylation is 1. The number of ether oxygens (including phenoxy) is 2. The topological polar surface area (TPSA) is 67.9 Å². The van der Waals surface area contributed by atoms with Crippen molar-refractivity contribution in [3.05, 3.63) is 29.3 Å². The maximum absolute atomic E-state index is 12.7. The van der Waals surface area contributed by atoms with Crippen molar-refractivity contribution in [1.82, 2.24) is 10.2 Å². The van der Waals surface area contributed by atoms with E-state index >= 15 is 0 Å². The summed E-state index contributed by atoms with van der Waals surface area (Å²) in [5.41, 5.74) is 1.12. The van der Waals surface area contributed by atoms with Gasteiger partial charge in [-0.3, -0.25) is 4.79 Å². The molecule has 1 aliphatic heterocycles. The number of alkyl carbamates (subject to hydrolysis) is 1. The van der Waals surface area contributed by atoms with Crippen LogP contribution in [0.3, 0.4) is 0 Å². The molecule has 1 aromatic rings. The largest absolute Gasteiger partial charge is 0.496 e. The lowest BCUT2D eigenvalue weighted by molar-refractivity contribution is 0.0520. The molecule has 1 atom stereocenters. The van der Waals surface area contributed by atoms with Gasteiger partial charge >= 0.3 is 6.09 Å². The summed E-state index contributed by atoms with van der Waals surface area (Å²) in [6, 6.07) is 5.50. The van der Waals surface area contributed by atoms with E-state index in [1.165, 1.54) is 0 Å². The van der Waals surface area contributed by atoms with Gasteiger partial charge in [0.25, 0.3) is 5.91 Å². The zero-order valence-electron chi connectivity index (χ0n) is 15.7. The van der Waals surface area contributed by atoms with E-state index in [2.05, 4.69) is 5.32 Å². The molecule has 138 valence electrons. The van der Waals surface area contributed by atoms with E-state index in [4.69, 9.17) is 9.47 Å². The van der Waals surface area contributed by atoms with Crippen molar-refractivity contribution in [3.63, 3.8) is 0 Å². The number of carbonyl (C=O) groups is 2. The highest BCUT2D eigenvalue weighted by Crippen LogP contribution is 2.23. The summed E-state index contributed by atoms with van der Waals surface area (Å²) in [7, 11) is 1.60. The van der Waals surface area contributed by atoms with Gasteiger partial charge < -0.3 is 19.7 Å². The Morgan fingerprint density at radius 2 is 2.04 bits per heavy atom. The van der Waals surface area contributed by atoms with Gasteiger partial charge in [-0.15, -0.1) is 0 Å². The van der Waals surface area contributed by atoms with Crippen LogP contribution in [0.15, 0.2) is 18.2 Å². The van der Waals surface area contributed by atoms with E-state index in [-0.39, 0.29) is 11.8 Å². The molecule has 0 bridgehead atoms. The smallest absolute Gasteiger partial charge is 0.407 e. The molecule has 1 saturated heterocycles. The number of nitrogens with one attached hydrogen (secondary N) is 1. The van der Waals surface area contributed by atoms with Crippen LogP contribution in [0.1, 0.15) is 43.1 Å². The number of rotatable bonds is 4. The number of benzene rings is 1. The lowest BCUT2D eigenvalue weighted by Crippen LogP contribution is -2.36. The van der Waals surface area contributed by atoms with E-state index in [1.807, 2.05) is 44.7 Å². The Balaban J connectivity index is 1.88. The molecule has 1 unspecified atom stereocenters. The highest BCUT2D eigenvalue weighted by molar-refractivity contribution is 5.95. The molecule has 1 aliphatic rings. The van der Waals surface area contributed by atoms with Gasteiger partial charge in [0.15, 0.2) is 0 Å². The van der Waals surface area contributed by atoms with Crippen molar-refractivity contribution in [2.45, 2.75) is 39.7 Å². The van der Waals surface area contributed by atoms with Crippen molar-refractivity contribution < 1.29 is 19.1 Å². The van der Waals surface area contributed by atoms with Gasteiger partial charge in [0, 0.05) is 25.2 Å². The minimum atomic E-state index is -0.508. The Morgan fingerprint density at radius 3 is 2.68 bits per heavy atom. The van der Waals surface area contributed by atoms with Gasteiger partial charge in [0.2, 0.25) is 0 Å². The van der Waals surface area contributed by atoms with Crippen LogP contribution in [0.2, 0.25) is 0 Å². The van der Waals surface area contributed by atoms with Gasteiger partial charge in [-0.2, -0.15) is 0 Å². The molecule has 25 heavy (non-hydrogen) atoms. The number of hydrogen-bond acceptors (Lipinski definition) is 4. The van der Waals surface area contributed by atoms with Crippen molar-refractivity contribution >= 4 is 12.0 Å². The minimum Gasteiger partial charge on any atom is -0.496 e. The fourth-order valence-electron chi connectivity index (χ4n) is 2.86. The standard InChI is InChI=1S/C19H28N2O4/c1-13-6-7-15(10-16(13)24-5)17(22)21-9-8-14(12-21)11-20-18(23)25-19(2,3)4/h6-7,10,14H,8-9,11-12H2,1-5H3,(H,20,23). The van der Waals surface area contributed by atoms with Crippen LogP contribution in [-0.2, 0) is 4.74 Å². The van der Waals surface area contributed by atoms with E-state index < -0.39 is 11.7 Å². The Morgan fingerprint density at radius 1 is 1.32 bits per heavy atom. The van der Waals surface area contributed by atoms with Crippen LogP contribution in [0, 0.1) is 12.8 Å². The molecule has 6 heteroatoms. The maximum Gasteiger partial charge on any atom is 0.407 e. The number of nitrogens with zero attached hydrogens (tertiary/aromatic N) is 1. The molecule has 6 nitrogen and oxygen atoms in total. The zero-order chi connectivity index (χ0) is 18.6. The fraction of sp³-hybridized carbons (Fsp3) is 0.579. The highest BCUT2D eigenvalue weighted by Gasteiger charge is 2.28. The van der Waals surface area contributed by atoms with E-state index in [1.54, 1.807) is 13.2 Å². The van der Waals surface area contributed by atoms with Gasteiger partial charge in [-0.05, 0) is 57.7 Å². The first-order valence-electron chi connectivity index (χ1n) is 8.60. The lowest BCUT2D eigenvalue weighted by atomic mass is 10.1. The van der Waals surface area contributed by atoms with Crippen LogP contribution in [0.25, 0.3) is 0 Å². The Kier molecular flexibility index (Phi) is 5.93. The summed E-state index contributed by atoms with van der Waals surface area (Å²) >= 11 is 0. The fourth-order valence-corrected chi connectivity index (χ4v) is 2.86. The third kappa shape index (κ3) is 5.37. The molecule has 1 fully saturated rings. The number of methoxy groups -OCH3 is 1. The molecule has 0 aromatic heterocycles. The summed E-state index contributed by atoms with van der Waals surface area (Å²) in [5, 5.41) is 2.79. The van der Waals surface area contributed by atoms with Gasteiger partial charge in [-0.25, -0.2) is 4.79 Å². The van der Waals surface area contributed by atoms with Crippen LogP contribution in [0.4, 0.5) is 4.79 Å². The average Bonchev–Trinajstić information content (AvgIpc) is 3.00. The molecule has 0 aliphatic carbocycles. The zero-order valence-corrected chi connectivity index (χ0v) is 15.7. The molecule has 2 rings (SSSR count). The van der Waals surface area contributed by atoms with E-state index in [0.29, 0.717) is 30.9 Å². The second kappa shape index (κ2) is 7.76.